The van der Waals surface area contributed by atoms with Crippen molar-refractivity contribution in [3.05, 3.63) is 117 Å². The van der Waals surface area contributed by atoms with E-state index in [-0.39, 0.29) is 124 Å². The number of halogens is 2. The minimum atomic E-state index is -0.779. The number of nitrogens with zero attached hydrogens (tertiary/aromatic N) is 10. The van der Waals surface area contributed by atoms with E-state index in [2.05, 4.69) is 36.9 Å². The zero-order chi connectivity index (χ0) is 57.6. The van der Waals surface area contributed by atoms with Crippen LogP contribution in [0.4, 0.5) is 15.0 Å². The monoisotopic (exact) mass is 1120 g/mol. The molecule has 3 aromatic carbocycles. The van der Waals surface area contributed by atoms with Crippen molar-refractivity contribution < 1.29 is 47.3 Å². The Morgan fingerprint density at radius 1 is 0.975 bits per heavy atom. The molecule has 3 aliphatic rings. The molecule has 0 radical (unpaired) electrons. The number of benzene rings is 3. The first-order chi connectivity index (χ1) is 38.2. The Hall–Kier alpha value is -7.80. The van der Waals surface area contributed by atoms with E-state index in [1.807, 2.05) is 38.1 Å². The molecule has 2 bridgehead atoms. The first-order valence-corrected chi connectivity index (χ1v) is 27.0. The zero-order valence-corrected chi connectivity index (χ0v) is 47.5. The van der Waals surface area contributed by atoms with Gasteiger partial charge in [0.1, 0.15) is 41.9 Å². The Morgan fingerprint density at radius 3 is 2.39 bits per heavy atom. The van der Waals surface area contributed by atoms with E-state index < -0.39 is 23.9 Å². The van der Waals surface area contributed by atoms with E-state index in [1.54, 1.807) is 71.8 Å². The number of nitrogen functional groups attached to an aromatic ring is 1. The molecule has 1 unspecified atom stereocenters. The number of methoxy groups -OCH3 is 1. The second-order valence-corrected chi connectivity index (χ2v) is 21.7. The molecule has 5 aromatic rings. The summed E-state index contributed by atoms with van der Waals surface area (Å²) in [6, 6.07) is 19.3. The average Bonchev–Trinajstić information content (AvgIpc) is 4.00. The fourth-order valence-electron chi connectivity index (χ4n) is 9.98. The van der Waals surface area contributed by atoms with Crippen molar-refractivity contribution in [3.63, 3.8) is 0 Å². The third-order valence-corrected chi connectivity index (χ3v) is 14.5. The second kappa shape index (κ2) is 25.1. The van der Waals surface area contributed by atoms with Crippen LogP contribution in [0.2, 0.25) is 5.02 Å². The molecular formula is C58H69ClFN11O9. The van der Waals surface area contributed by atoms with E-state index in [1.165, 1.54) is 34.2 Å². The maximum Gasteiger partial charge on any atom is 0.326 e. The zero-order valence-electron chi connectivity index (χ0n) is 46.7. The molecule has 0 saturated carbocycles. The van der Waals surface area contributed by atoms with Gasteiger partial charge in [-0.15, -0.1) is 0 Å². The molecule has 0 spiro atoms. The number of fused-ring (bicyclic) bond motifs is 5. The van der Waals surface area contributed by atoms with Gasteiger partial charge < -0.3 is 49.0 Å². The Bertz CT molecular complexity index is 3180. The number of aromatic nitrogens is 3. The number of likely N-dealkylation sites (N-methyl/N-ethyl adjacent to an activating group) is 1. The predicted octanol–water partition coefficient (Wildman–Crippen LogP) is 7.78. The van der Waals surface area contributed by atoms with Crippen LogP contribution in [-0.4, -0.2) is 161 Å². The van der Waals surface area contributed by atoms with Crippen molar-refractivity contribution in [2.45, 2.75) is 85.3 Å². The molecule has 3 aliphatic heterocycles. The largest absolute Gasteiger partial charge is 0.497 e. The van der Waals surface area contributed by atoms with Gasteiger partial charge in [-0.2, -0.15) is 10.4 Å². The summed E-state index contributed by atoms with van der Waals surface area (Å²) >= 11 is 6.35. The maximum atomic E-state index is 15.0. The third-order valence-electron chi connectivity index (χ3n) is 14.2. The van der Waals surface area contributed by atoms with E-state index in [0.29, 0.717) is 63.4 Å². The Labute approximate surface area is 470 Å². The quantitative estimate of drug-likeness (QED) is 0.0880. The van der Waals surface area contributed by atoms with Gasteiger partial charge >= 0.3 is 6.03 Å². The van der Waals surface area contributed by atoms with Gasteiger partial charge in [-0.05, 0) is 80.3 Å². The normalized spacial score (nSPS) is 17.5. The molecule has 424 valence electrons. The smallest absolute Gasteiger partial charge is 0.326 e. The van der Waals surface area contributed by atoms with Crippen LogP contribution in [0, 0.1) is 22.6 Å². The van der Waals surface area contributed by atoms with Crippen LogP contribution in [0.1, 0.15) is 98.5 Å². The van der Waals surface area contributed by atoms with Gasteiger partial charge in [-0.1, -0.05) is 44.5 Å². The molecule has 80 heavy (non-hydrogen) atoms. The molecular weight excluding hydrogens is 1050 g/mol. The van der Waals surface area contributed by atoms with Crippen LogP contribution >= 0.6 is 11.6 Å². The van der Waals surface area contributed by atoms with Crippen LogP contribution in [0.3, 0.4) is 0 Å². The number of piperazine rings is 1. The number of amidine groups is 1. The molecule has 8 rings (SSSR count). The summed E-state index contributed by atoms with van der Waals surface area (Å²) in [6.45, 7) is 13.8. The van der Waals surface area contributed by atoms with Crippen LogP contribution in [-0.2, 0) is 32.2 Å². The summed E-state index contributed by atoms with van der Waals surface area (Å²) in [7, 11) is 4.84. The number of carbonyl (C=O) groups excluding carboxylic acids is 4. The highest BCUT2D eigenvalue weighted by Crippen LogP contribution is 2.45. The number of ether oxygens (including phenoxy) is 5. The highest BCUT2D eigenvalue weighted by Gasteiger charge is 2.49. The van der Waals surface area contributed by atoms with Gasteiger partial charge in [-0.3, -0.25) is 29.0 Å². The van der Waals surface area contributed by atoms with Crippen molar-refractivity contribution >= 4 is 47.0 Å². The standard InChI is InChI=1S/C58H69ClFN11O9/c1-35(2)79-47-30-41(76-9)15-17-43(47)55-64-53(58(4,5)6)52(37-10-12-39(59)13-11-37)71(55)57(75)69-21-20-68(50(73)34-69)23-25-78-27-26-77-24-18-49(72)66(7)19-22-70-46-33-67(8)56(74)42-16-14-40(60)29-44(42)36(3)80-48-28-38(32-63-54(48)62)51(46)45(31-61)65-70/h10-17,28-30,32,35-36,52-53H,18-27,33-34H2,1-9H3,(H2,62,63)/t36-,52+,53?/m1/s1. The number of anilines is 1. The lowest BCUT2D eigenvalue weighted by atomic mass is 9.80. The Balaban J connectivity index is 0.828. The first-order valence-electron chi connectivity index (χ1n) is 26.6. The van der Waals surface area contributed by atoms with Crippen LogP contribution in [0.15, 0.2) is 77.9 Å². The lowest BCUT2D eigenvalue weighted by Crippen LogP contribution is -2.57. The lowest BCUT2D eigenvalue weighted by Gasteiger charge is -2.40. The van der Waals surface area contributed by atoms with Crippen molar-refractivity contribution in [1.82, 2.24) is 39.3 Å². The molecule has 1 fully saturated rings. The van der Waals surface area contributed by atoms with Crippen LogP contribution < -0.4 is 19.9 Å². The number of aliphatic imine (C=N–C) groups is 1. The summed E-state index contributed by atoms with van der Waals surface area (Å²) < 4.78 is 45.7. The Kier molecular flexibility index (Phi) is 18.3. The van der Waals surface area contributed by atoms with Crippen molar-refractivity contribution in [3.8, 4) is 34.4 Å². The number of hydrogen-bond donors (Lipinski definition) is 1. The van der Waals surface area contributed by atoms with Gasteiger partial charge in [0, 0.05) is 79.8 Å². The topological polar surface area (TPSA) is 224 Å². The molecule has 2 N–H and O–H groups in total. The van der Waals surface area contributed by atoms with Gasteiger partial charge in [0.2, 0.25) is 11.8 Å². The molecule has 1 saturated heterocycles. The number of amides is 5. The summed E-state index contributed by atoms with van der Waals surface area (Å²) in [5.74, 6) is 0.457. The van der Waals surface area contributed by atoms with Crippen molar-refractivity contribution in [2.75, 3.05) is 86.1 Å². The second-order valence-electron chi connectivity index (χ2n) is 21.3. The lowest BCUT2D eigenvalue weighted by molar-refractivity contribution is -0.135. The van der Waals surface area contributed by atoms with Gasteiger partial charge in [0.05, 0.1) is 82.5 Å². The van der Waals surface area contributed by atoms with Crippen molar-refractivity contribution in [1.29, 1.82) is 5.26 Å². The fraction of sp³-hybridized carbons (Fsp3) is 0.448. The molecule has 2 aromatic heterocycles. The molecule has 0 aliphatic carbocycles. The van der Waals surface area contributed by atoms with E-state index >= 15 is 0 Å². The molecule has 22 heteroatoms. The fourth-order valence-corrected chi connectivity index (χ4v) is 10.1. The Morgan fingerprint density at radius 2 is 1.70 bits per heavy atom. The van der Waals surface area contributed by atoms with Crippen LogP contribution in [0.5, 0.6) is 17.2 Å². The highest BCUT2D eigenvalue weighted by atomic mass is 35.5. The number of pyridine rings is 1. The van der Waals surface area contributed by atoms with Gasteiger partial charge in [-0.25, -0.2) is 14.2 Å². The van der Waals surface area contributed by atoms with E-state index in [4.69, 9.17) is 46.0 Å². The summed E-state index contributed by atoms with van der Waals surface area (Å²) in [4.78, 5) is 73.5. The maximum absolute atomic E-state index is 15.0. The molecule has 3 atom stereocenters. The summed E-state index contributed by atoms with van der Waals surface area (Å²) in [5, 5.41) is 15.4. The van der Waals surface area contributed by atoms with E-state index in [0.717, 1.165) is 5.56 Å². The minimum Gasteiger partial charge on any atom is -0.497 e. The van der Waals surface area contributed by atoms with E-state index in [9.17, 15) is 28.8 Å². The van der Waals surface area contributed by atoms with Crippen molar-refractivity contribution in [2.24, 2.45) is 10.4 Å². The van der Waals surface area contributed by atoms with Gasteiger partial charge in [0.25, 0.3) is 5.91 Å². The summed E-state index contributed by atoms with van der Waals surface area (Å²) in [5.41, 5.74) is 9.36. The summed E-state index contributed by atoms with van der Waals surface area (Å²) in [6.07, 6.45) is 0.622. The highest BCUT2D eigenvalue weighted by molar-refractivity contribution is 6.30. The number of rotatable bonds is 17. The van der Waals surface area contributed by atoms with Crippen LogP contribution in [0.25, 0.3) is 11.1 Å². The van der Waals surface area contributed by atoms with Gasteiger partial charge in [0.15, 0.2) is 17.3 Å². The number of hydrogen-bond acceptors (Lipinski definition) is 14. The average molecular weight is 1120 g/mol. The SMILES string of the molecule is COc1ccc(C2=NC(C(C)(C)C)[C@H](c3ccc(Cl)cc3)N2C(=O)N2CCN(CCOCCOCCC(=O)N(C)CCn3nc(C#N)c4c3CN(C)C(=O)c3ccc(F)cc3[C@@H](C)Oc3cc-4cnc3N)C(=O)C2)c(OC(C)C)c1. The number of nitriles is 1. The predicted molar refractivity (Wildman–Crippen MR) is 298 cm³/mol. The number of nitrogens with two attached hydrogens (primary N) is 1. The number of carbonyl (C=O) groups is 4. The first kappa shape index (κ1) is 58.4. The minimum absolute atomic E-state index is 0.0137. The number of urea groups is 1. The molecule has 20 nitrogen and oxygen atoms in total. The molecule has 5 heterocycles. The molecule has 5 amide bonds. The third kappa shape index (κ3) is 13.1.